The number of halogens is 1. The number of aromatic nitrogens is 2. The summed E-state index contributed by atoms with van der Waals surface area (Å²) in [5.41, 5.74) is 2.43. The van der Waals surface area contributed by atoms with Crippen LogP contribution in [-0.4, -0.2) is 63.5 Å². The van der Waals surface area contributed by atoms with Crippen molar-refractivity contribution >= 4 is 29.4 Å². The average molecular weight is 532 g/mol. The number of hydrogen-bond acceptors (Lipinski definition) is 6. The van der Waals surface area contributed by atoms with Gasteiger partial charge in [-0.05, 0) is 55.8 Å². The van der Waals surface area contributed by atoms with Crippen molar-refractivity contribution < 1.29 is 14.3 Å². The molecule has 11 heteroatoms. The minimum atomic E-state index is -0.578. The topological polar surface area (TPSA) is 127 Å². The van der Waals surface area contributed by atoms with Crippen molar-refractivity contribution in [1.82, 2.24) is 25.3 Å². The Kier molecular flexibility index (Phi) is 7.03. The van der Waals surface area contributed by atoms with Gasteiger partial charge in [-0.1, -0.05) is 23.7 Å². The van der Waals surface area contributed by atoms with Crippen LogP contribution in [0.2, 0.25) is 5.02 Å². The molecule has 1 saturated heterocycles. The number of urea groups is 1. The van der Waals surface area contributed by atoms with Crippen LogP contribution in [0.1, 0.15) is 48.3 Å². The highest BCUT2D eigenvalue weighted by Crippen LogP contribution is 2.44. The Balaban J connectivity index is 1.69. The molecule has 2 aromatic carbocycles. The van der Waals surface area contributed by atoms with Gasteiger partial charge in [0, 0.05) is 24.3 Å². The van der Waals surface area contributed by atoms with Crippen molar-refractivity contribution in [2.24, 2.45) is 4.99 Å². The van der Waals surface area contributed by atoms with E-state index in [1.54, 1.807) is 41.4 Å². The fourth-order valence-electron chi connectivity index (χ4n) is 4.68. The van der Waals surface area contributed by atoms with Crippen LogP contribution in [0.3, 0.4) is 0 Å². The Bertz CT molecular complexity index is 1410. The van der Waals surface area contributed by atoms with Crippen LogP contribution in [0.4, 0.5) is 4.79 Å². The normalized spacial score (nSPS) is 19.2. The number of hydrogen-bond donors (Lipinski definition) is 2. The molecule has 5 rings (SSSR count). The summed E-state index contributed by atoms with van der Waals surface area (Å²) in [5.74, 6) is 0.579. The molecule has 3 aromatic rings. The first-order valence-electron chi connectivity index (χ1n) is 12.2. The van der Waals surface area contributed by atoms with Gasteiger partial charge in [-0.2, -0.15) is 10.4 Å². The van der Waals surface area contributed by atoms with Crippen LogP contribution in [0.15, 0.2) is 59.7 Å². The largest absolute Gasteiger partial charge is 0.490 e. The second-order valence-corrected chi connectivity index (χ2v) is 9.74. The molecule has 0 unspecified atom stereocenters. The molecule has 2 atom stereocenters. The number of carbonyl (C=O) groups excluding carboxylic acids is 2. The van der Waals surface area contributed by atoms with Gasteiger partial charge < -0.3 is 15.0 Å². The minimum Gasteiger partial charge on any atom is -0.490 e. The van der Waals surface area contributed by atoms with Crippen LogP contribution in [0, 0.1) is 11.3 Å². The molecule has 2 aliphatic heterocycles. The molecule has 0 bridgehead atoms. The van der Waals surface area contributed by atoms with Gasteiger partial charge >= 0.3 is 6.03 Å². The third-order valence-corrected chi connectivity index (χ3v) is 6.58. The van der Waals surface area contributed by atoms with Crippen LogP contribution < -0.4 is 10.1 Å². The third kappa shape index (κ3) is 4.93. The van der Waals surface area contributed by atoms with Crippen molar-refractivity contribution in [3.63, 3.8) is 0 Å². The van der Waals surface area contributed by atoms with Crippen LogP contribution >= 0.6 is 11.6 Å². The quantitative estimate of drug-likeness (QED) is 0.517. The van der Waals surface area contributed by atoms with Crippen molar-refractivity contribution in [2.45, 2.75) is 32.0 Å². The minimum absolute atomic E-state index is 0.0637. The van der Waals surface area contributed by atoms with Crippen LogP contribution in [0.25, 0.3) is 0 Å². The van der Waals surface area contributed by atoms with Crippen molar-refractivity contribution in [3.8, 4) is 11.8 Å². The summed E-state index contributed by atoms with van der Waals surface area (Å²) in [6.07, 6.45) is 1.52. The van der Waals surface area contributed by atoms with Gasteiger partial charge in [-0.25, -0.2) is 4.79 Å². The number of amidine groups is 1. The summed E-state index contributed by atoms with van der Waals surface area (Å²) in [5, 5.41) is 20.1. The van der Waals surface area contributed by atoms with Crippen molar-refractivity contribution in [3.05, 3.63) is 82.1 Å². The SMILES string of the molecule is CC(C)Oc1cc(C#N)ccc1C1=N[C@@H](c2cc[nH]n2)[C@@H](c2ccc(Cl)cc2)N1C(=O)N1CCNC(=O)C1. The summed E-state index contributed by atoms with van der Waals surface area (Å²) in [7, 11) is 0. The van der Waals surface area contributed by atoms with Gasteiger partial charge in [-0.15, -0.1) is 0 Å². The standard InChI is InChI=1S/C27H26ClN7O3/c1-16(2)38-22-13-17(14-29)3-8-20(22)26-32-24(21-9-10-31-33-21)25(18-4-6-19(28)7-5-18)35(26)27(37)34-12-11-30-23(36)15-34/h3-10,13,16,24-25H,11-12,15H2,1-2H3,(H,30,36)(H,31,33)/t24-,25+/m0/s1. The lowest BCUT2D eigenvalue weighted by molar-refractivity contribution is -0.123. The number of amides is 3. The van der Waals surface area contributed by atoms with Crippen LogP contribution in [-0.2, 0) is 4.79 Å². The zero-order chi connectivity index (χ0) is 26.8. The highest BCUT2D eigenvalue weighted by atomic mass is 35.5. The van der Waals surface area contributed by atoms with E-state index in [1.165, 1.54) is 4.90 Å². The first kappa shape index (κ1) is 25.3. The molecule has 3 amide bonds. The lowest BCUT2D eigenvalue weighted by atomic mass is 9.97. The molecule has 2 N–H and O–H groups in total. The summed E-state index contributed by atoms with van der Waals surface area (Å²) >= 11 is 6.19. The van der Waals surface area contributed by atoms with E-state index in [-0.39, 0.29) is 24.6 Å². The van der Waals surface area contributed by atoms with Gasteiger partial charge in [0.15, 0.2) is 0 Å². The number of nitrogens with zero attached hydrogens (tertiary/aromatic N) is 5. The number of nitrogens with one attached hydrogen (secondary N) is 2. The predicted octanol–water partition coefficient (Wildman–Crippen LogP) is 3.82. The Morgan fingerprint density at radius 1 is 1.21 bits per heavy atom. The van der Waals surface area contributed by atoms with Gasteiger partial charge in [0.1, 0.15) is 24.2 Å². The molecule has 194 valence electrons. The van der Waals surface area contributed by atoms with E-state index in [2.05, 4.69) is 21.6 Å². The Morgan fingerprint density at radius 3 is 2.66 bits per heavy atom. The van der Waals surface area contributed by atoms with Gasteiger partial charge in [0.25, 0.3) is 0 Å². The number of carbonyl (C=O) groups is 2. The number of benzene rings is 2. The summed E-state index contributed by atoms with van der Waals surface area (Å²) in [4.78, 5) is 34.5. The Hall–Kier alpha value is -4.36. The molecule has 0 saturated carbocycles. The van der Waals surface area contributed by atoms with E-state index in [1.807, 2.05) is 32.0 Å². The van der Waals surface area contributed by atoms with Crippen LogP contribution in [0.5, 0.6) is 5.75 Å². The molecule has 0 aliphatic carbocycles. The molecule has 0 spiro atoms. The maximum absolute atomic E-state index is 14.2. The predicted molar refractivity (Wildman–Crippen MR) is 141 cm³/mol. The fraction of sp³-hybridized carbons (Fsp3) is 0.296. The monoisotopic (exact) mass is 531 g/mol. The molecule has 1 fully saturated rings. The smallest absolute Gasteiger partial charge is 0.326 e. The second kappa shape index (κ2) is 10.6. The molecule has 10 nitrogen and oxygen atoms in total. The Labute approximate surface area is 224 Å². The van der Waals surface area contributed by atoms with E-state index >= 15 is 0 Å². The number of H-pyrrole nitrogens is 1. The first-order valence-corrected chi connectivity index (χ1v) is 12.6. The summed E-state index contributed by atoms with van der Waals surface area (Å²) in [6.45, 7) is 4.43. The van der Waals surface area contributed by atoms with Gasteiger partial charge in [-0.3, -0.25) is 19.8 Å². The van der Waals surface area contributed by atoms with E-state index in [4.69, 9.17) is 21.3 Å². The molecule has 1 aromatic heterocycles. The number of aliphatic imine (C=N–C) groups is 1. The highest BCUT2D eigenvalue weighted by molar-refractivity contribution is 6.30. The van der Waals surface area contributed by atoms with E-state index in [9.17, 15) is 14.9 Å². The third-order valence-electron chi connectivity index (χ3n) is 6.33. The molecule has 0 radical (unpaired) electrons. The van der Waals surface area contributed by atoms with E-state index < -0.39 is 12.1 Å². The van der Waals surface area contributed by atoms with Crippen molar-refractivity contribution in [2.75, 3.05) is 19.6 Å². The summed E-state index contributed by atoms with van der Waals surface area (Å²) in [6, 6.07) is 14.8. The zero-order valence-corrected chi connectivity index (χ0v) is 21.6. The highest BCUT2D eigenvalue weighted by Gasteiger charge is 2.45. The fourth-order valence-corrected chi connectivity index (χ4v) is 4.81. The molecule has 3 heterocycles. The first-order chi connectivity index (χ1) is 18.4. The average Bonchev–Trinajstić information content (AvgIpc) is 3.57. The Morgan fingerprint density at radius 2 is 2.00 bits per heavy atom. The number of aromatic amines is 1. The van der Waals surface area contributed by atoms with Crippen molar-refractivity contribution in [1.29, 1.82) is 5.26 Å². The lowest BCUT2D eigenvalue weighted by Gasteiger charge is -2.35. The number of piperazine rings is 1. The number of nitriles is 1. The van der Waals surface area contributed by atoms with Gasteiger partial charge in [0.05, 0.1) is 35.0 Å². The van der Waals surface area contributed by atoms with E-state index in [0.29, 0.717) is 46.5 Å². The van der Waals surface area contributed by atoms with Gasteiger partial charge in [0.2, 0.25) is 5.91 Å². The second-order valence-electron chi connectivity index (χ2n) is 9.31. The maximum Gasteiger partial charge on any atom is 0.326 e. The molecular formula is C27H26ClN7O3. The summed E-state index contributed by atoms with van der Waals surface area (Å²) < 4.78 is 6.09. The molecule has 2 aliphatic rings. The number of rotatable bonds is 5. The van der Waals surface area contributed by atoms with E-state index in [0.717, 1.165) is 5.56 Å². The zero-order valence-electron chi connectivity index (χ0n) is 20.9. The lowest BCUT2D eigenvalue weighted by Crippen LogP contribution is -2.55. The maximum atomic E-state index is 14.2. The number of ether oxygens (including phenoxy) is 1. The molecular weight excluding hydrogens is 506 g/mol. The molecule has 38 heavy (non-hydrogen) atoms.